The highest BCUT2D eigenvalue weighted by atomic mass is 19.1. The van der Waals surface area contributed by atoms with Crippen molar-refractivity contribution >= 4 is 11.6 Å². The molecule has 1 aliphatic rings. The molecule has 1 saturated carbocycles. The number of hydrogen-bond donors (Lipinski definition) is 0. The summed E-state index contributed by atoms with van der Waals surface area (Å²) in [6, 6.07) is 13.0. The van der Waals surface area contributed by atoms with Gasteiger partial charge in [-0.2, -0.15) is 0 Å². The van der Waals surface area contributed by atoms with E-state index in [2.05, 4.69) is 10.1 Å². The van der Waals surface area contributed by atoms with Gasteiger partial charge < -0.3 is 4.52 Å². The summed E-state index contributed by atoms with van der Waals surface area (Å²) in [5, 5.41) is 4.00. The second kappa shape index (κ2) is 6.47. The number of carbonyl (C=O) groups excluding carboxylic acids is 1. The molecular weight excluding hydrogens is 321 g/mol. The molecule has 25 heavy (non-hydrogen) atoms. The van der Waals surface area contributed by atoms with Gasteiger partial charge in [0.05, 0.1) is 17.9 Å². The maximum atomic E-state index is 13.3. The highest BCUT2D eigenvalue weighted by Gasteiger charge is 2.30. The Balaban J connectivity index is 1.65. The molecular formula is C19H16FN3O2. The van der Waals surface area contributed by atoms with E-state index < -0.39 is 0 Å². The van der Waals surface area contributed by atoms with E-state index in [4.69, 9.17) is 4.52 Å². The van der Waals surface area contributed by atoms with Crippen molar-refractivity contribution in [2.45, 2.75) is 25.3 Å². The van der Waals surface area contributed by atoms with Crippen molar-refractivity contribution < 1.29 is 13.7 Å². The van der Waals surface area contributed by atoms with Crippen LogP contribution in [0.1, 0.15) is 40.7 Å². The van der Waals surface area contributed by atoms with Gasteiger partial charge in [0.15, 0.2) is 0 Å². The highest BCUT2D eigenvalue weighted by Crippen LogP contribution is 2.39. The first-order valence-corrected chi connectivity index (χ1v) is 8.14. The van der Waals surface area contributed by atoms with Gasteiger partial charge in [-0.3, -0.25) is 14.7 Å². The maximum absolute atomic E-state index is 13.3. The number of aromatic nitrogens is 2. The molecule has 1 fully saturated rings. The second-order valence-corrected chi connectivity index (χ2v) is 6.08. The number of pyridine rings is 1. The fourth-order valence-electron chi connectivity index (χ4n) is 2.65. The fraction of sp³-hybridized carbons (Fsp3) is 0.211. The van der Waals surface area contributed by atoms with Gasteiger partial charge in [0.2, 0.25) is 5.76 Å². The number of hydrogen-bond acceptors (Lipinski definition) is 4. The van der Waals surface area contributed by atoms with Crippen molar-refractivity contribution in [1.82, 2.24) is 10.1 Å². The number of halogens is 1. The number of benzene rings is 1. The van der Waals surface area contributed by atoms with Crippen LogP contribution in [0.5, 0.6) is 0 Å². The summed E-state index contributed by atoms with van der Waals surface area (Å²) < 4.78 is 18.5. The Hall–Kier alpha value is -3.02. The maximum Gasteiger partial charge on any atom is 0.297 e. The Kier molecular flexibility index (Phi) is 4.01. The molecule has 0 aliphatic heterocycles. The van der Waals surface area contributed by atoms with Gasteiger partial charge in [-0.1, -0.05) is 11.2 Å². The first kappa shape index (κ1) is 15.5. The van der Waals surface area contributed by atoms with Crippen LogP contribution in [0.15, 0.2) is 59.3 Å². The molecule has 0 N–H and O–H groups in total. The number of rotatable bonds is 5. The summed E-state index contributed by atoms with van der Waals surface area (Å²) in [5.41, 5.74) is 2.11. The summed E-state index contributed by atoms with van der Waals surface area (Å²) in [4.78, 5) is 18.7. The topological polar surface area (TPSA) is 59.2 Å². The standard InChI is InChI=1S/C19H16FN3O2/c20-14-6-8-16(9-7-14)23(12-15-3-1-2-10-21-15)19(24)18-11-17(22-25-18)13-4-5-13/h1-3,6-11,13H,4-5,12H2. The summed E-state index contributed by atoms with van der Waals surface area (Å²) in [5.74, 6) is -0.0937. The third-order valence-electron chi connectivity index (χ3n) is 4.16. The fourth-order valence-corrected chi connectivity index (χ4v) is 2.65. The van der Waals surface area contributed by atoms with E-state index in [0.717, 1.165) is 24.2 Å². The molecule has 0 bridgehead atoms. The van der Waals surface area contributed by atoms with Crippen LogP contribution in [-0.4, -0.2) is 16.0 Å². The first-order valence-electron chi connectivity index (χ1n) is 8.14. The number of anilines is 1. The minimum absolute atomic E-state index is 0.183. The Morgan fingerprint density at radius 2 is 2.00 bits per heavy atom. The number of carbonyl (C=O) groups is 1. The van der Waals surface area contributed by atoms with Crippen molar-refractivity contribution in [3.8, 4) is 0 Å². The summed E-state index contributed by atoms with van der Waals surface area (Å²) in [6.45, 7) is 0.255. The van der Waals surface area contributed by atoms with Crippen LogP contribution in [0.25, 0.3) is 0 Å². The lowest BCUT2D eigenvalue weighted by atomic mass is 10.2. The number of nitrogens with zero attached hydrogens (tertiary/aromatic N) is 3. The summed E-state index contributed by atoms with van der Waals surface area (Å²) >= 11 is 0. The van der Waals surface area contributed by atoms with E-state index in [1.807, 2.05) is 18.2 Å². The van der Waals surface area contributed by atoms with Gasteiger partial charge in [-0.25, -0.2) is 4.39 Å². The molecule has 1 amide bonds. The van der Waals surface area contributed by atoms with Gasteiger partial charge >= 0.3 is 0 Å². The second-order valence-electron chi connectivity index (χ2n) is 6.08. The van der Waals surface area contributed by atoms with Gasteiger partial charge in [-0.15, -0.1) is 0 Å². The van der Waals surface area contributed by atoms with Crippen LogP contribution in [0.3, 0.4) is 0 Å². The van der Waals surface area contributed by atoms with E-state index in [9.17, 15) is 9.18 Å². The smallest absolute Gasteiger partial charge is 0.297 e. The van der Waals surface area contributed by atoms with E-state index in [-0.39, 0.29) is 24.0 Å². The molecule has 0 radical (unpaired) electrons. The van der Waals surface area contributed by atoms with Gasteiger partial charge in [0.25, 0.3) is 5.91 Å². The van der Waals surface area contributed by atoms with E-state index in [0.29, 0.717) is 11.6 Å². The van der Waals surface area contributed by atoms with Crippen LogP contribution in [0.2, 0.25) is 0 Å². The van der Waals surface area contributed by atoms with Crippen LogP contribution in [0.4, 0.5) is 10.1 Å². The minimum Gasteiger partial charge on any atom is -0.351 e. The molecule has 2 aromatic heterocycles. The molecule has 0 saturated heterocycles. The van der Waals surface area contributed by atoms with Crippen molar-refractivity contribution in [1.29, 1.82) is 0 Å². The van der Waals surface area contributed by atoms with E-state index in [1.165, 1.54) is 17.0 Å². The van der Waals surface area contributed by atoms with Crippen molar-refractivity contribution in [2.75, 3.05) is 4.90 Å². The molecule has 0 atom stereocenters. The zero-order chi connectivity index (χ0) is 17.2. The Bertz CT molecular complexity index is 873. The quantitative estimate of drug-likeness (QED) is 0.708. The van der Waals surface area contributed by atoms with Crippen LogP contribution in [-0.2, 0) is 6.54 Å². The van der Waals surface area contributed by atoms with Crippen molar-refractivity contribution in [2.24, 2.45) is 0 Å². The third-order valence-corrected chi connectivity index (χ3v) is 4.16. The molecule has 0 spiro atoms. The summed E-state index contributed by atoms with van der Waals surface area (Å²) in [6.07, 6.45) is 3.83. The predicted octanol–water partition coefficient (Wildman–Crippen LogP) is 3.93. The molecule has 3 aromatic rings. The Labute approximate surface area is 144 Å². The molecule has 6 heteroatoms. The SMILES string of the molecule is O=C(c1cc(C2CC2)no1)N(Cc1ccccn1)c1ccc(F)cc1. The molecule has 0 unspecified atom stereocenters. The average Bonchev–Trinajstić information content (AvgIpc) is 3.38. The zero-order valence-corrected chi connectivity index (χ0v) is 13.4. The molecule has 1 aliphatic carbocycles. The predicted molar refractivity (Wildman–Crippen MR) is 89.6 cm³/mol. The first-order chi connectivity index (χ1) is 12.2. The zero-order valence-electron chi connectivity index (χ0n) is 13.4. The minimum atomic E-state index is -0.357. The van der Waals surface area contributed by atoms with Crippen molar-refractivity contribution in [3.05, 3.63) is 77.7 Å². The molecule has 4 rings (SSSR count). The van der Waals surface area contributed by atoms with Gasteiger partial charge in [0, 0.05) is 23.9 Å². The highest BCUT2D eigenvalue weighted by molar-refractivity contribution is 6.04. The largest absolute Gasteiger partial charge is 0.351 e. The van der Waals surface area contributed by atoms with E-state index >= 15 is 0 Å². The van der Waals surface area contributed by atoms with Gasteiger partial charge in [0.1, 0.15) is 5.82 Å². The summed E-state index contributed by atoms with van der Waals surface area (Å²) in [7, 11) is 0. The monoisotopic (exact) mass is 337 g/mol. The normalized spacial score (nSPS) is 13.6. The lowest BCUT2D eigenvalue weighted by molar-refractivity contribution is 0.0949. The molecule has 5 nitrogen and oxygen atoms in total. The average molecular weight is 337 g/mol. The van der Waals surface area contributed by atoms with Crippen LogP contribution in [0, 0.1) is 5.82 Å². The molecule has 126 valence electrons. The lowest BCUT2D eigenvalue weighted by Crippen LogP contribution is -2.30. The Morgan fingerprint density at radius 3 is 2.68 bits per heavy atom. The van der Waals surface area contributed by atoms with Gasteiger partial charge in [-0.05, 0) is 49.2 Å². The molecule has 1 aromatic carbocycles. The van der Waals surface area contributed by atoms with Crippen LogP contribution < -0.4 is 4.90 Å². The lowest BCUT2D eigenvalue weighted by Gasteiger charge is -2.21. The molecule has 2 heterocycles. The number of amides is 1. The van der Waals surface area contributed by atoms with Crippen LogP contribution >= 0.6 is 0 Å². The third kappa shape index (κ3) is 3.42. The Morgan fingerprint density at radius 1 is 1.20 bits per heavy atom. The van der Waals surface area contributed by atoms with Crippen molar-refractivity contribution in [3.63, 3.8) is 0 Å². The van der Waals surface area contributed by atoms with E-state index in [1.54, 1.807) is 24.4 Å².